The van der Waals surface area contributed by atoms with E-state index in [-0.39, 0.29) is 5.69 Å². The van der Waals surface area contributed by atoms with Crippen LogP contribution in [0.4, 0.5) is 0 Å². The number of rotatable bonds is 7. The molecular formula is C17H20N4O3. The molecule has 24 heavy (non-hydrogen) atoms. The molecule has 1 aromatic carbocycles. The van der Waals surface area contributed by atoms with Gasteiger partial charge >= 0.3 is 11.7 Å². The third kappa shape index (κ3) is 3.40. The molecule has 0 radical (unpaired) electrons. The van der Waals surface area contributed by atoms with E-state index in [4.69, 9.17) is 9.47 Å². The van der Waals surface area contributed by atoms with Gasteiger partial charge in [0.1, 0.15) is 11.3 Å². The molecule has 0 amide bonds. The third-order valence-electron chi connectivity index (χ3n) is 3.72. The second kappa shape index (κ2) is 7.16. The average molecular weight is 328 g/mol. The Bertz CT molecular complexity index is 868. The lowest BCUT2D eigenvalue weighted by Crippen LogP contribution is -2.17. The smallest absolute Gasteiger partial charge is 0.328 e. The Kier molecular flexibility index (Phi) is 4.79. The van der Waals surface area contributed by atoms with Crippen molar-refractivity contribution >= 4 is 11.2 Å². The van der Waals surface area contributed by atoms with Gasteiger partial charge in [-0.2, -0.15) is 4.98 Å². The summed E-state index contributed by atoms with van der Waals surface area (Å²) < 4.78 is 12.3. The lowest BCUT2D eigenvalue weighted by Gasteiger charge is -2.06. The number of fused-ring (bicyclic) bond motifs is 1. The van der Waals surface area contributed by atoms with Gasteiger partial charge in [0, 0.05) is 0 Å². The second-order valence-corrected chi connectivity index (χ2v) is 5.46. The van der Waals surface area contributed by atoms with Crippen LogP contribution in [0.3, 0.4) is 0 Å². The number of aromatic amines is 1. The zero-order chi connectivity index (χ0) is 16.9. The van der Waals surface area contributed by atoms with Crippen molar-refractivity contribution in [2.24, 2.45) is 0 Å². The summed E-state index contributed by atoms with van der Waals surface area (Å²) in [6.07, 6.45) is 3.55. The predicted molar refractivity (Wildman–Crippen MR) is 90.6 cm³/mol. The number of nitrogens with zero attached hydrogens (tertiary/aromatic N) is 3. The minimum absolute atomic E-state index is 0.221. The molecule has 0 spiro atoms. The quantitative estimate of drug-likeness (QED) is 0.673. The van der Waals surface area contributed by atoms with Crippen LogP contribution in [0.5, 0.6) is 11.8 Å². The highest BCUT2D eigenvalue weighted by molar-refractivity contribution is 5.69. The first-order valence-corrected chi connectivity index (χ1v) is 7.92. The van der Waals surface area contributed by atoms with Crippen LogP contribution in [0.2, 0.25) is 0 Å². The first kappa shape index (κ1) is 16.0. The number of unbranched alkanes of at least 4 members (excludes halogenated alkanes) is 1. The fraction of sp³-hybridized carbons (Fsp3) is 0.353. The van der Waals surface area contributed by atoms with Gasteiger partial charge in [-0.25, -0.2) is 9.78 Å². The largest absolute Gasteiger partial charge is 0.497 e. The topological polar surface area (TPSA) is 82.0 Å². The molecule has 2 aromatic heterocycles. The monoisotopic (exact) mass is 328 g/mol. The van der Waals surface area contributed by atoms with E-state index in [1.54, 1.807) is 17.9 Å². The van der Waals surface area contributed by atoms with Crippen molar-refractivity contribution in [3.05, 3.63) is 46.5 Å². The lowest BCUT2D eigenvalue weighted by atomic mass is 10.2. The SMILES string of the molecule is CCCCOc1ncc2[nH]c(=O)n(Cc3ccc(OC)cc3)c2n1. The van der Waals surface area contributed by atoms with Crippen LogP contribution in [0, 0.1) is 0 Å². The van der Waals surface area contributed by atoms with Crippen LogP contribution in [0.25, 0.3) is 11.2 Å². The van der Waals surface area contributed by atoms with Gasteiger partial charge in [-0.15, -0.1) is 0 Å². The number of nitrogens with one attached hydrogen (secondary N) is 1. The Hall–Kier alpha value is -2.83. The van der Waals surface area contributed by atoms with E-state index in [0.717, 1.165) is 24.2 Å². The van der Waals surface area contributed by atoms with E-state index in [1.165, 1.54) is 0 Å². The number of hydrogen-bond donors (Lipinski definition) is 1. The van der Waals surface area contributed by atoms with Gasteiger partial charge in [-0.05, 0) is 24.1 Å². The fourth-order valence-electron chi connectivity index (χ4n) is 2.37. The number of ether oxygens (including phenoxy) is 2. The molecule has 7 nitrogen and oxygen atoms in total. The molecule has 2 heterocycles. The normalized spacial score (nSPS) is 10.9. The van der Waals surface area contributed by atoms with Crippen molar-refractivity contribution < 1.29 is 9.47 Å². The number of imidazole rings is 1. The summed E-state index contributed by atoms with van der Waals surface area (Å²) in [5.74, 6) is 0.777. The van der Waals surface area contributed by atoms with Gasteiger partial charge in [0.25, 0.3) is 0 Å². The molecule has 0 saturated carbocycles. The number of methoxy groups -OCH3 is 1. The van der Waals surface area contributed by atoms with Crippen molar-refractivity contribution in [2.75, 3.05) is 13.7 Å². The maximum Gasteiger partial charge on any atom is 0.328 e. The zero-order valence-corrected chi connectivity index (χ0v) is 13.8. The molecular weight excluding hydrogens is 308 g/mol. The van der Waals surface area contributed by atoms with Crippen LogP contribution in [-0.2, 0) is 6.54 Å². The van der Waals surface area contributed by atoms with Crippen molar-refractivity contribution in [3.63, 3.8) is 0 Å². The zero-order valence-electron chi connectivity index (χ0n) is 13.8. The van der Waals surface area contributed by atoms with Gasteiger partial charge in [0.15, 0.2) is 5.65 Å². The molecule has 0 aliphatic carbocycles. The maximum atomic E-state index is 12.2. The summed E-state index contributed by atoms with van der Waals surface area (Å²) >= 11 is 0. The van der Waals surface area contributed by atoms with Crippen LogP contribution in [0.15, 0.2) is 35.3 Å². The van der Waals surface area contributed by atoms with E-state index in [0.29, 0.717) is 30.3 Å². The van der Waals surface area contributed by atoms with Crippen LogP contribution < -0.4 is 15.2 Å². The van der Waals surface area contributed by atoms with Crippen LogP contribution in [-0.4, -0.2) is 33.2 Å². The number of hydrogen-bond acceptors (Lipinski definition) is 5. The maximum absolute atomic E-state index is 12.2. The minimum Gasteiger partial charge on any atom is -0.497 e. The molecule has 126 valence electrons. The third-order valence-corrected chi connectivity index (χ3v) is 3.72. The summed E-state index contributed by atoms with van der Waals surface area (Å²) in [6.45, 7) is 3.06. The van der Waals surface area contributed by atoms with Gasteiger partial charge < -0.3 is 14.5 Å². The second-order valence-electron chi connectivity index (χ2n) is 5.46. The van der Waals surface area contributed by atoms with Gasteiger partial charge in [-0.3, -0.25) is 4.57 Å². The van der Waals surface area contributed by atoms with Crippen molar-refractivity contribution in [3.8, 4) is 11.8 Å². The van der Waals surface area contributed by atoms with Crippen molar-refractivity contribution in [1.82, 2.24) is 19.5 Å². The van der Waals surface area contributed by atoms with E-state index in [2.05, 4.69) is 21.9 Å². The van der Waals surface area contributed by atoms with Crippen LogP contribution in [0.1, 0.15) is 25.3 Å². The minimum atomic E-state index is -0.221. The highest BCUT2D eigenvalue weighted by atomic mass is 16.5. The summed E-state index contributed by atoms with van der Waals surface area (Å²) in [4.78, 5) is 23.5. The van der Waals surface area contributed by atoms with Gasteiger partial charge in [0.05, 0.1) is 26.5 Å². The molecule has 0 fully saturated rings. The highest BCUT2D eigenvalue weighted by Gasteiger charge is 2.11. The Balaban J connectivity index is 1.89. The molecule has 0 aliphatic rings. The lowest BCUT2D eigenvalue weighted by molar-refractivity contribution is 0.286. The molecule has 3 rings (SSSR count). The first-order chi connectivity index (χ1) is 11.7. The number of H-pyrrole nitrogens is 1. The molecule has 1 N–H and O–H groups in total. The van der Waals surface area contributed by atoms with E-state index in [1.807, 2.05) is 24.3 Å². The Labute approximate surface area is 139 Å². The summed E-state index contributed by atoms with van der Waals surface area (Å²) in [7, 11) is 1.62. The predicted octanol–water partition coefficient (Wildman–Crippen LogP) is 2.36. The molecule has 3 aromatic rings. The first-order valence-electron chi connectivity index (χ1n) is 7.92. The number of aromatic nitrogens is 4. The molecule has 0 bridgehead atoms. The van der Waals surface area contributed by atoms with Gasteiger partial charge in [-0.1, -0.05) is 25.5 Å². The van der Waals surface area contributed by atoms with E-state index in [9.17, 15) is 4.79 Å². The van der Waals surface area contributed by atoms with Gasteiger partial charge in [0.2, 0.25) is 0 Å². The Morgan fingerprint density at radius 2 is 2.04 bits per heavy atom. The summed E-state index contributed by atoms with van der Waals surface area (Å²) in [6, 6.07) is 7.86. The Morgan fingerprint density at radius 3 is 2.75 bits per heavy atom. The summed E-state index contributed by atoms with van der Waals surface area (Å²) in [5.41, 5.74) is 1.89. The van der Waals surface area contributed by atoms with Crippen molar-refractivity contribution in [2.45, 2.75) is 26.3 Å². The summed E-state index contributed by atoms with van der Waals surface area (Å²) in [5, 5.41) is 0. The van der Waals surface area contributed by atoms with E-state index < -0.39 is 0 Å². The number of benzene rings is 1. The molecule has 0 aliphatic heterocycles. The van der Waals surface area contributed by atoms with Crippen LogP contribution >= 0.6 is 0 Å². The van der Waals surface area contributed by atoms with Crippen molar-refractivity contribution in [1.29, 1.82) is 0 Å². The molecule has 7 heteroatoms. The standard InChI is InChI=1S/C17H20N4O3/c1-3-4-9-24-16-18-10-14-15(20-16)21(17(22)19-14)11-12-5-7-13(23-2)8-6-12/h5-8,10H,3-4,9,11H2,1-2H3,(H,19,22). The Morgan fingerprint density at radius 1 is 1.25 bits per heavy atom. The van der Waals surface area contributed by atoms with E-state index >= 15 is 0 Å². The molecule has 0 unspecified atom stereocenters. The molecule has 0 saturated heterocycles. The average Bonchev–Trinajstić information content (AvgIpc) is 2.91. The highest BCUT2D eigenvalue weighted by Crippen LogP contribution is 2.15. The fourth-order valence-corrected chi connectivity index (χ4v) is 2.37. The molecule has 0 atom stereocenters.